The summed E-state index contributed by atoms with van der Waals surface area (Å²) in [5.41, 5.74) is 0. The Morgan fingerprint density at radius 2 is 1.33 bits per heavy atom. The van der Waals surface area contributed by atoms with Gasteiger partial charge in [-0.15, -0.1) is 0 Å². The van der Waals surface area contributed by atoms with Gasteiger partial charge in [-0.05, 0) is 0 Å². The third-order valence-electron chi connectivity index (χ3n) is 0.637. The molecule has 74 valence electrons. The van der Waals surface area contributed by atoms with Crippen molar-refractivity contribution in [2.24, 2.45) is 7.05 Å². The highest BCUT2D eigenvalue weighted by Crippen LogP contribution is 1.73. The molecule has 0 saturated heterocycles. The monoisotopic (exact) mass is 172 g/mol. The molecule has 2 heteroatoms. The van der Waals surface area contributed by atoms with Crippen molar-refractivity contribution < 1.29 is 0 Å². The minimum absolute atomic E-state index is 1.75. The van der Waals surface area contributed by atoms with E-state index in [1.807, 2.05) is 59.4 Å². The average molecular weight is 172 g/mol. The molecule has 0 saturated carbocycles. The predicted octanol–water partition coefficient (Wildman–Crippen LogP) is 3.50. The standard InChI is InChI=1S/C4H6N2.3C2H6/c1-6-3-2-5-4-6;3*1-2/h2-4H,1H3;3*1-2H3. The van der Waals surface area contributed by atoms with Crippen LogP contribution in [-0.2, 0) is 7.05 Å². The number of aromatic nitrogens is 2. The lowest BCUT2D eigenvalue weighted by Crippen LogP contribution is -1.76. The van der Waals surface area contributed by atoms with E-state index in [9.17, 15) is 0 Å². The molecule has 0 N–H and O–H groups in total. The summed E-state index contributed by atoms with van der Waals surface area (Å²) in [5.74, 6) is 0. The molecule has 0 fully saturated rings. The first kappa shape index (κ1) is 17.3. The lowest BCUT2D eigenvalue weighted by atomic mass is 10.9. The zero-order valence-electron chi connectivity index (χ0n) is 9.63. The zero-order chi connectivity index (χ0) is 10.4. The van der Waals surface area contributed by atoms with E-state index in [0.29, 0.717) is 0 Å². The Bertz CT molecular complexity index is 111. The Morgan fingerprint density at radius 1 is 0.917 bits per heavy atom. The lowest BCUT2D eigenvalue weighted by molar-refractivity contribution is 0.913. The van der Waals surface area contributed by atoms with E-state index in [2.05, 4.69) is 4.98 Å². The SMILES string of the molecule is CC.CC.CC.Cn1ccnc1. The van der Waals surface area contributed by atoms with E-state index in [0.717, 1.165) is 0 Å². The van der Waals surface area contributed by atoms with Gasteiger partial charge in [0.2, 0.25) is 0 Å². The van der Waals surface area contributed by atoms with Crippen LogP contribution >= 0.6 is 0 Å². The third kappa shape index (κ3) is 16.1. The first-order valence-electron chi connectivity index (χ1n) is 4.81. The van der Waals surface area contributed by atoms with Gasteiger partial charge in [0.1, 0.15) is 0 Å². The number of imidazole rings is 1. The maximum atomic E-state index is 3.78. The van der Waals surface area contributed by atoms with Crippen molar-refractivity contribution in [3.8, 4) is 0 Å². The molecule has 0 atom stereocenters. The maximum Gasteiger partial charge on any atom is 0.0943 e. The predicted molar refractivity (Wildman–Crippen MR) is 57.3 cm³/mol. The molecular formula is C10H24N2. The van der Waals surface area contributed by atoms with Crippen LogP contribution in [0.3, 0.4) is 0 Å². The molecule has 0 spiro atoms. The summed E-state index contributed by atoms with van der Waals surface area (Å²) in [6.45, 7) is 12.0. The fraction of sp³-hybridized carbons (Fsp3) is 0.700. The molecule has 1 rings (SSSR count). The topological polar surface area (TPSA) is 17.8 Å². The van der Waals surface area contributed by atoms with Crippen molar-refractivity contribution >= 4 is 0 Å². The number of hydrogen-bond donors (Lipinski definition) is 0. The second-order valence-electron chi connectivity index (χ2n) is 1.23. The second-order valence-corrected chi connectivity index (χ2v) is 1.23. The summed E-state index contributed by atoms with van der Waals surface area (Å²) in [6, 6.07) is 0. The largest absolute Gasteiger partial charge is 0.341 e. The van der Waals surface area contributed by atoms with E-state index < -0.39 is 0 Å². The molecule has 0 aromatic carbocycles. The van der Waals surface area contributed by atoms with E-state index >= 15 is 0 Å². The van der Waals surface area contributed by atoms with E-state index in [1.54, 1.807) is 12.5 Å². The van der Waals surface area contributed by atoms with Gasteiger partial charge in [0.25, 0.3) is 0 Å². The van der Waals surface area contributed by atoms with Gasteiger partial charge < -0.3 is 4.57 Å². The lowest BCUT2D eigenvalue weighted by Gasteiger charge is -1.76. The van der Waals surface area contributed by atoms with Crippen LogP contribution in [0.1, 0.15) is 41.5 Å². The van der Waals surface area contributed by atoms with Gasteiger partial charge in [-0.2, -0.15) is 0 Å². The normalized spacial score (nSPS) is 5.92. The average Bonchev–Trinajstić information content (AvgIpc) is 2.66. The summed E-state index contributed by atoms with van der Waals surface area (Å²) < 4.78 is 1.89. The molecule has 1 aromatic heterocycles. The Kier molecular flexibility index (Phi) is 32.4. The zero-order valence-corrected chi connectivity index (χ0v) is 9.63. The van der Waals surface area contributed by atoms with Crippen LogP contribution in [0.5, 0.6) is 0 Å². The minimum Gasteiger partial charge on any atom is -0.341 e. The van der Waals surface area contributed by atoms with Crippen LogP contribution in [0.25, 0.3) is 0 Å². The van der Waals surface area contributed by atoms with E-state index in [-0.39, 0.29) is 0 Å². The van der Waals surface area contributed by atoms with Gasteiger partial charge in [-0.3, -0.25) is 0 Å². The fourth-order valence-corrected chi connectivity index (χ4v) is 0.326. The summed E-state index contributed by atoms with van der Waals surface area (Å²) in [4.78, 5) is 3.78. The summed E-state index contributed by atoms with van der Waals surface area (Å²) in [5, 5.41) is 0. The number of aryl methyl sites for hydroxylation is 1. The van der Waals surface area contributed by atoms with Crippen LogP contribution in [0.4, 0.5) is 0 Å². The number of hydrogen-bond acceptors (Lipinski definition) is 1. The molecule has 1 heterocycles. The van der Waals surface area contributed by atoms with Gasteiger partial charge in [-0.25, -0.2) is 4.98 Å². The molecule has 0 radical (unpaired) electrons. The van der Waals surface area contributed by atoms with Gasteiger partial charge in [0, 0.05) is 19.4 Å². The maximum absolute atomic E-state index is 3.78. The van der Waals surface area contributed by atoms with Gasteiger partial charge in [0.15, 0.2) is 0 Å². The molecule has 0 bridgehead atoms. The third-order valence-corrected chi connectivity index (χ3v) is 0.637. The smallest absolute Gasteiger partial charge is 0.0943 e. The highest BCUT2D eigenvalue weighted by molar-refractivity contribution is 4.70. The first-order chi connectivity index (χ1) is 5.89. The van der Waals surface area contributed by atoms with Crippen molar-refractivity contribution in [3.63, 3.8) is 0 Å². The Morgan fingerprint density at radius 3 is 1.42 bits per heavy atom. The van der Waals surface area contributed by atoms with Gasteiger partial charge >= 0.3 is 0 Å². The summed E-state index contributed by atoms with van der Waals surface area (Å²) in [6.07, 6.45) is 5.39. The van der Waals surface area contributed by atoms with Crippen molar-refractivity contribution in [3.05, 3.63) is 18.7 Å². The van der Waals surface area contributed by atoms with E-state index in [4.69, 9.17) is 0 Å². The van der Waals surface area contributed by atoms with Crippen molar-refractivity contribution in [2.45, 2.75) is 41.5 Å². The van der Waals surface area contributed by atoms with E-state index in [1.165, 1.54) is 0 Å². The number of rotatable bonds is 0. The van der Waals surface area contributed by atoms with Crippen molar-refractivity contribution in [2.75, 3.05) is 0 Å². The van der Waals surface area contributed by atoms with Crippen LogP contribution in [0.2, 0.25) is 0 Å². The quantitative estimate of drug-likeness (QED) is 0.585. The van der Waals surface area contributed by atoms with Crippen LogP contribution in [-0.4, -0.2) is 9.55 Å². The molecule has 12 heavy (non-hydrogen) atoms. The Hall–Kier alpha value is -0.790. The second kappa shape index (κ2) is 22.5. The fourth-order valence-electron chi connectivity index (χ4n) is 0.326. The molecule has 0 unspecified atom stereocenters. The Labute approximate surface area is 77.6 Å². The van der Waals surface area contributed by atoms with Gasteiger partial charge in [0.05, 0.1) is 6.33 Å². The highest BCUT2D eigenvalue weighted by Gasteiger charge is 1.69. The Balaban J connectivity index is -0.000000117. The summed E-state index contributed by atoms with van der Waals surface area (Å²) in [7, 11) is 1.94. The van der Waals surface area contributed by atoms with Crippen molar-refractivity contribution in [1.82, 2.24) is 9.55 Å². The molecular weight excluding hydrogens is 148 g/mol. The first-order valence-corrected chi connectivity index (χ1v) is 4.81. The molecule has 0 aliphatic carbocycles. The minimum atomic E-state index is 1.75. The number of nitrogens with zero attached hydrogens (tertiary/aromatic N) is 2. The molecule has 2 nitrogen and oxygen atoms in total. The highest BCUT2D eigenvalue weighted by atomic mass is 15.0. The van der Waals surface area contributed by atoms with Crippen LogP contribution < -0.4 is 0 Å². The molecule has 0 aliphatic heterocycles. The van der Waals surface area contributed by atoms with Crippen molar-refractivity contribution in [1.29, 1.82) is 0 Å². The molecule has 0 amide bonds. The van der Waals surface area contributed by atoms with Gasteiger partial charge in [-0.1, -0.05) is 41.5 Å². The van der Waals surface area contributed by atoms with Crippen LogP contribution in [0, 0.1) is 0 Å². The molecule has 0 aliphatic rings. The van der Waals surface area contributed by atoms with Crippen LogP contribution in [0.15, 0.2) is 18.7 Å². The summed E-state index contributed by atoms with van der Waals surface area (Å²) >= 11 is 0. The molecule has 1 aromatic rings.